The van der Waals surface area contributed by atoms with Crippen molar-refractivity contribution in [2.75, 3.05) is 13.1 Å². The van der Waals surface area contributed by atoms with Crippen molar-refractivity contribution in [1.29, 1.82) is 0 Å². The standard InChI is InChI=1S/C12H24N2O2/c1-3-4-8-14(10-5-6-10)9-7-12(2,13)11(15)16/h10H,3-9,13H2,1-2H3,(H,15,16). The van der Waals surface area contributed by atoms with Crippen LogP contribution in [-0.4, -0.2) is 40.6 Å². The Morgan fingerprint density at radius 3 is 2.56 bits per heavy atom. The SMILES string of the molecule is CCCCN(CCC(C)(N)C(=O)O)C1CC1. The van der Waals surface area contributed by atoms with Gasteiger partial charge in [0, 0.05) is 12.6 Å². The lowest BCUT2D eigenvalue weighted by atomic mass is 9.99. The van der Waals surface area contributed by atoms with Crippen LogP contribution in [-0.2, 0) is 4.79 Å². The van der Waals surface area contributed by atoms with E-state index in [2.05, 4.69) is 11.8 Å². The first-order valence-corrected chi connectivity index (χ1v) is 6.23. The van der Waals surface area contributed by atoms with Gasteiger partial charge < -0.3 is 15.7 Å². The lowest BCUT2D eigenvalue weighted by Crippen LogP contribution is -2.47. The maximum absolute atomic E-state index is 10.9. The van der Waals surface area contributed by atoms with Gasteiger partial charge in [0.1, 0.15) is 5.54 Å². The van der Waals surface area contributed by atoms with Crippen molar-refractivity contribution in [3.05, 3.63) is 0 Å². The van der Waals surface area contributed by atoms with Gasteiger partial charge in [0.05, 0.1) is 0 Å². The number of carboxylic acids is 1. The van der Waals surface area contributed by atoms with Gasteiger partial charge in [-0.2, -0.15) is 0 Å². The van der Waals surface area contributed by atoms with E-state index in [-0.39, 0.29) is 0 Å². The van der Waals surface area contributed by atoms with Gasteiger partial charge in [-0.1, -0.05) is 13.3 Å². The number of aliphatic carboxylic acids is 1. The molecular weight excluding hydrogens is 204 g/mol. The molecule has 0 aromatic carbocycles. The van der Waals surface area contributed by atoms with Gasteiger partial charge in [0.25, 0.3) is 0 Å². The molecule has 4 heteroatoms. The molecule has 1 saturated carbocycles. The summed E-state index contributed by atoms with van der Waals surface area (Å²) in [7, 11) is 0. The molecule has 3 N–H and O–H groups in total. The van der Waals surface area contributed by atoms with Crippen LogP contribution in [0.2, 0.25) is 0 Å². The second-order valence-corrected chi connectivity index (χ2v) is 5.09. The van der Waals surface area contributed by atoms with E-state index in [0.717, 1.165) is 13.1 Å². The summed E-state index contributed by atoms with van der Waals surface area (Å²) in [5.41, 5.74) is 4.65. The fourth-order valence-electron chi connectivity index (χ4n) is 1.76. The Kier molecular flexibility index (Phi) is 4.74. The fraction of sp³-hybridized carbons (Fsp3) is 0.917. The number of nitrogens with zero attached hydrogens (tertiary/aromatic N) is 1. The molecule has 1 rings (SSSR count). The smallest absolute Gasteiger partial charge is 0.323 e. The van der Waals surface area contributed by atoms with E-state index in [1.165, 1.54) is 25.7 Å². The molecule has 1 fully saturated rings. The maximum atomic E-state index is 10.9. The first-order chi connectivity index (χ1) is 7.47. The Bertz CT molecular complexity index is 237. The van der Waals surface area contributed by atoms with Crippen LogP contribution in [0.5, 0.6) is 0 Å². The zero-order valence-corrected chi connectivity index (χ0v) is 10.4. The molecular formula is C12H24N2O2. The Morgan fingerprint density at radius 2 is 2.12 bits per heavy atom. The van der Waals surface area contributed by atoms with Crippen molar-refractivity contribution in [3.63, 3.8) is 0 Å². The third-order valence-corrected chi connectivity index (χ3v) is 3.27. The van der Waals surface area contributed by atoms with Crippen molar-refractivity contribution in [2.45, 2.75) is 57.5 Å². The van der Waals surface area contributed by atoms with Crippen molar-refractivity contribution in [3.8, 4) is 0 Å². The third-order valence-electron chi connectivity index (χ3n) is 3.27. The summed E-state index contributed by atoms with van der Waals surface area (Å²) < 4.78 is 0. The minimum atomic E-state index is -1.08. The summed E-state index contributed by atoms with van der Waals surface area (Å²) in [6.07, 6.45) is 5.42. The molecule has 0 spiro atoms. The quantitative estimate of drug-likeness (QED) is 0.660. The molecule has 1 aliphatic rings. The average molecular weight is 228 g/mol. The number of unbranched alkanes of at least 4 members (excludes halogenated alkanes) is 1. The molecule has 4 nitrogen and oxygen atoms in total. The Labute approximate surface area is 97.8 Å². The summed E-state index contributed by atoms with van der Waals surface area (Å²) in [6.45, 7) is 5.66. The highest BCUT2D eigenvalue weighted by molar-refractivity contribution is 5.77. The average Bonchev–Trinajstić information content (AvgIpc) is 3.01. The molecule has 1 aliphatic carbocycles. The molecule has 0 saturated heterocycles. The van der Waals surface area contributed by atoms with E-state index in [4.69, 9.17) is 10.8 Å². The van der Waals surface area contributed by atoms with Gasteiger partial charge in [-0.15, -0.1) is 0 Å². The third kappa shape index (κ3) is 4.10. The zero-order valence-electron chi connectivity index (χ0n) is 10.4. The lowest BCUT2D eigenvalue weighted by molar-refractivity contribution is -0.143. The largest absolute Gasteiger partial charge is 0.480 e. The molecule has 0 bridgehead atoms. The summed E-state index contributed by atoms with van der Waals surface area (Å²) in [5.74, 6) is -0.904. The van der Waals surface area contributed by atoms with Gasteiger partial charge in [0.15, 0.2) is 0 Å². The highest BCUT2D eigenvalue weighted by atomic mass is 16.4. The fourth-order valence-corrected chi connectivity index (χ4v) is 1.76. The van der Waals surface area contributed by atoms with Gasteiger partial charge in [-0.05, 0) is 39.2 Å². The van der Waals surface area contributed by atoms with Gasteiger partial charge in [-0.3, -0.25) is 4.79 Å². The number of hydrogen-bond donors (Lipinski definition) is 2. The minimum absolute atomic E-state index is 0.530. The second-order valence-electron chi connectivity index (χ2n) is 5.09. The van der Waals surface area contributed by atoms with Crippen LogP contribution in [0.4, 0.5) is 0 Å². The summed E-state index contributed by atoms with van der Waals surface area (Å²) >= 11 is 0. The van der Waals surface area contributed by atoms with E-state index in [1.807, 2.05) is 0 Å². The van der Waals surface area contributed by atoms with Crippen molar-refractivity contribution in [2.24, 2.45) is 5.73 Å². The molecule has 0 aromatic heterocycles. The Morgan fingerprint density at radius 1 is 1.50 bits per heavy atom. The molecule has 0 radical (unpaired) electrons. The van der Waals surface area contributed by atoms with Crippen LogP contribution in [0.1, 0.15) is 46.0 Å². The highest BCUT2D eigenvalue weighted by Crippen LogP contribution is 2.27. The van der Waals surface area contributed by atoms with E-state index < -0.39 is 11.5 Å². The predicted molar refractivity (Wildman–Crippen MR) is 64.3 cm³/mol. The van der Waals surface area contributed by atoms with Crippen LogP contribution in [0, 0.1) is 0 Å². The number of carboxylic acid groups (broad SMARTS) is 1. The second kappa shape index (κ2) is 5.64. The highest BCUT2D eigenvalue weighted by Gasteiger charge is 2.32. The van der Waals surface area contributed by atoms with Gasteiger partial charge in [0.2, 0.25) is 0 Å². The van der Waals surface area contributed by atoms with Crippen LogP contribution in [0.15, 0.2) is 0 Å². The molecule has 1 unspecified atom stereocenters. The molecule has 0 aromatic rings. The van der Waals surface area contributed by atoms with Crippen LogP contribution >= 0.6 is 0 Å². The molecule has 94 valence electrons. The topological polar surface area (TPSA) is 66.6 Å². The summed E-state index contributed by atoms with van der Waals surface area (Å²) in [4.78, 5) is 13.3. The number of carbonyl (C=O) groups is 1. The first kappa shape index (κ1) is 13.5. The first-order valence-electron chi connectivity index (χ1n) is 6.23. The van der Waals surface area contributed by atoms with E-state index in [0.29, 0.717) is 12.5 Å². The molecule has 0 aliphatic heterocycles. The monoisotopic (exact) mass is 228 g/mol. The van der Waals surface area contributed by atoms with E-state index in [1.54, 1.807) is 6.92 Å². The van der Waals surface area contributed by atoms with Gasteiger partial charge in [-0.25, -0.2) is 0 Å². The Balaban J connectivity index is 2.34. The predicted octanol–water partition coefficient (Wildman–Crippen LogP) is 1.44. The molecule has 0 heterocycles. The Hall–Kier alpha value is -0.610. The van der Waals surface area contributed by atoms with Gasteiger partial charge >= 0.3 is 5.97 Å². The van der Waals surface area contributed by atoms with E-state index in [9.17, 15) is 4.79 Å². The van der Waals surface area contributed by atoms with Crippen molar-refractivity contribution < 1.29 is 9.90 Å². The summed E-state index contributed by atoms with van der Waals surface area (Å²) in [6, 6.07) is 0.691. The minimum Gasteiger partial charge on any atom is -0.480 e. The number of rotatable bonds is 8. The van der Waals surface area contributed by atoms with E-state index >= 15 is 0 Å². The van der Waals surface area contributed by atoms with Crippen LogP contribution in [0.25, 0.3) is 0 Å². The van der Waals surface area contributed by atoms with Crippen LogP contribution < -0.4 is 5.73 Å². The maximum Gasteiger partial charge on any atom is 0.323 e. The molecule has 16 heavy (non-hydrogen) atoms. The molecule has 1 atom stereocenters. The lowest BCUT2D eigenvalue weighted by Gasteiger charge is -2.26. The normalized spacial score (nSPS) is 19.8. The molecule has 0 amide bonds. The van der Waals surface area contributed by atoms with Crippen molar-refractivity contribution in [1.82, 2.24) is 4.90 Å². The van der Waals surface area contributed by atoms with Crippen LogP contribution in [0.3, 0.4) is 0 Å². The summed E-state index contributed by atoms with van der Waals surface area (Å²) in [5, 5.41) is 8.94. The number of hydrogen-bond acceptors (Lipinski definition) is 3. The number of nitrogens with two attached hydrogens (primary N) is 1. The van der Waals surface area contributed by atoms with Crippen molar-refractivity contribution >= 4 is 5.97 Å². The zero-order chi connectivity index (χ0) is 12.2.